The summed E-state index contributed by atoms with van der Waals surface area (Å²) in [6, 6.07) is 13.7. The van der Waals surface area contributed by atoms with Crippen LogP contribution in [0.3, 0.4) is 0 Å². The van der Waals surface area contributed by atoms with Crippen LogP contribution in [0.25, 0.3) is 10.9 Å². The number of carbonyl (C=O) groups is 1. The lowest BCUT2D eigenvalue weighted by atomic mass is 10.0. The van der Waals surface area contributed by atoms with Crippen LogP contribution in [0, 0.1) is 13.8 Å². The number of pyridine rings is 1. The molecule has 5 nitrogen and oxygen atoms in total. The highest BCUT2D eigenvalue weighted by Gasteiger charge is 2.12. The van der Waals surface area contributed by atoms with Gasteiger partial charge in [0.1, 0.15) is 0 Å². The smallest absolute Gasteiger partial charge is 0.252 e. The summed E-state index contributed by atoms with van der Waals surface area (Å²) < 4.78 is 11.3. The molecule has 152 valence electrons. The molecule has 0 aliphatic carbocycles. The van der Waals surface area contributed by atoms with Gasteiger partial charge in [-0.3, -0.25) is 9.78 Å². The highest BCUT2D eigenvalue weighted by Crippen LogP contribution is 2.28. The topological polar surface area (TPSA) is 60.5 Å². The molecule has 0 radical (unpaired) electrons. The number of hydrogen-bond donors (Lipinski definition) is 1. The maximum absolute atomic E-state index is 12.8. The zero-order chi connectivity index (χ0) is 20.8. The van der Waals surface area contributed by atoms with Crippen LogP contribution in [0.1, 0.15) is 41.0 Å². The molecule has 0 saturated carbocycles. The van der Waals surface area contributed by atoms with E-state index in [4.69, 9.17) is 9.47 Å². The van der Waals surface area contributed by atoms with Crippen molar-refractivity contribution >= 4 is 16.8 Å². The summed E-state index contributed by atoms with van der Waals surface area (Å²) in [6.45, 7) is 9.53. The first kappa shape index (κ1) is 20.6. The lowest BCUT2D eigenvalue weighted by Crippen LogP contribution is -2.26. The Hall–Kier alpha value is -3.08. The van der Waals surface area contributed by atoms with Gasteiger partial charge in [0.25, 0.3) is 5.91 Å². The Morgan fingerprint density at radius 1 is 0.966 bits per heavy atom. The third-order valence-electron chi connectivity index (χ3n) is 4.64. The first-order valence-electron chi connectivity index (χ1n) is 10.1. The van der Waals surface area contributed by atoms with E-state index in [1.165, 1.54) is 0 Å². The Bertz CT molecular complexity index is 1010. The summed E-state index contributed by atoms with van der Waals surface area (Å²) in [7, 11) is 0. The third kappa shape index (κ3) is 5.05. The Morgan fingerprint density at radius 2 is 1.72 bits per heavy atom. The van der Waals surface area contributed by atoms with Gasteiger partial charge >= 0.3 is 0 Å². The SMILES string of the molecule is CCOc1ccc(CCNC(=O)c2cc(C)nc3ccc(C)cc23)cc1OCC. The van der Waals surface area contributed by atoms with Crippen LogP contribution in [0.2, 0.25) is 0 Å². The van der Waals surface area contributed by atoms with Crippen molar-refractivity contribution in [2.45, 2.75) is 34.1 Å². The third-order valence-corrected chi connectivity index (χ3v) is 4.64. The van der Waals surface area contributed by atoms with Crippen LogP contribution in [0.5, 0.6) is 11.5 Å². The van der Waals surface area contributed by atoms with Crippen LogP contribution in [0.15, 0.2) is 42.5 Å². The van der Waals surface area contributed by atoms with Gasteiger partial charge in [-0.2, -0.15) is 0 Å². The number of carbonyl (C=O) groups excluding carboxylic acids is 1. The molecule has 1 amide bonds. The predicted molar refractivity (Wildman–Crippen MR) is 116 cm³/mol. The molecule has 3 rings (SSSR count). The van der Waals surface area contributed by atoms with E-state index in [2.05, 4.69) is 10.3 Å². The summed E-state index contributed by atoms with van der Waals surface area (Å²) in [5, 5.41) is 3.92. The number of rotatable bonds is 8. The summed E-state index contributed by atoms with van der Waals surface area (Å²) >= 11 is 0. The van der Waals surface area contributed by atoms with Gasteiger partial charge in [-0.05, 0) is 70.0 Å². The predicted octanol–water partition coefficient (Wildman–Crippen LogP) is 4.62. The molecule has 1 heterocycles. The van der Waals surface area contributed by atoms with Crippen LogP contribution < -0.4 is 14.8 Å². The molecular formula is C24H28N2O3. The Kier molecular flexibility index (Phi) is 6.70. The lowest BCUT2D eigenvalue weighted by Gasteiger charge is -2.13. The minimum absolute atomic E-state index is 0.0814. The van der Waals surface area contributed by atoms with Crippen LogP contribution in [-0.2, 0) is 6.42 Å². The fraction of sp³-hybridized carbons (Fsp3) is 0.333. The van der Waals surface area contributed by atoms with Gasteiger partial charge in [0, 0.05) is 17.6 Å². The molecule has 0 spiro atoms. The number of nitrogens with one attached hydrogen (secondary N) is 1. The molecule has 0 atom stereocenters. The van der Waals surface area contributed by atoms with Crippen molar-refractivity contribution in [3.05, 3.63) is 64.8 Å². The van der Waals surface area contributed by atoms with Crippen LogP contribution in [-0.4, -0.2) is 30.6 Å². The van der Waals surface area contributed by atoms with E-state index in [1.54, 1.807) is 0 Å². The number of aromatic nitrogens is 1. The van der Waals surface area contributed by atoms with Crippen molar-refractivity contribution in [1.29, 1.82) is 0 Å². The number of benzene rings is 2. The summed E-state index contributed by atoms with van der Waals surface area (Å²) in [6.07, 6.45) is 0.708. The van der Waals surface area contributed by atoms with E-state index >= 15 is 0 Å². The lowest BCUT2D eigenvalue weighted by molar-refractivity contribution is 0.0955. The molecule has 2 aromatic carbocycles. The Labute approximate surface area is 172 Å². The van der Waals surface area contributed by atoms with Crippen molar-refractivity contribution in [1.82, 2.24) is 10.3 Å². The normalized spacial score (nSPS) is 10.8. The second-order valence-electron chi connectivity index (χ2n) is 6.98. The first-order chi connectivity index (χ1) is 14.0. The summed E-state index contributed by atoms with van der Waals surface area (Å²) in [4.78, 5) is 17.4. The highest BCUT2D eigenvalue weighted by molar-refractivity contribution is 6.06. The van der Waals surface area contributed by atoms with Crippen molar-refractivity contribution in [2.75, 3.05) is 19.8 Å². The zero-order valence-electron chi connectivity index (χ0n) is 17.5. The number of aryl methyl sites for hydroxylation is 2. The molecule has 3 aromatic rings. The fourth-order valence-corrected chi connectivity index (χ4v) is 3.33. The van der Waals surface area contributed by atoms with E-state index in [9.17, 15) is 4.79 Å². The molecular weight excluding hydrogens is 364 g/mol. The van der Waals surface area contributed by atoms with Crippen LogP contribution >= 0.6 is 0 Å². The molecule has 0 fully saturated rings. The van der Waals surface area contributed by atoms with Gasteiger partial charge in [-0.25, -0.2) is 0 Å². The Morgan fingerprint density at radius 3 is 2.48 bits per heavy atom. The molecule has 0 saturated heterocycles. The molecule has 0 unspecified atom stereocenters. The number of nitrogens with zero attached hydrogens (tertiary/aromatic N) is 1. The quantitative estimate of drug-likeness (QED) is 0.608. The van der Waals surface area contributed by atoms with E-state index in [1.807, 2.05) is 70.2 Å². The van der Waals surface area contributed by atoms with E-state index in [-0.39, 0.29) is 5.91 Å². The Balaban J connectivity index is 1.71. The molecule has 5 heteroatoms. The molecule has 1 N–H and O–H groups in total. The molecule has 0 aliphatic heterocycles. The van der Waals surface area contributed by atoms with E-state index in [0.717, 1.165) is 39.2 Å². The zero-order valence-corrected chi connectivity index (χ0v) is 17.5. The summed E-state index contributed by atoms with van der Waals surface area (Å²) in [5.74, 6) is 1.41. The number of hydrogen-bond acceptors (Lipinski definition) is 4. The minimum Gasteiger partial charge on any atom is -0.490 e. The summed E-state index contributed by atoms with van der Waals surface area (Å²) in [5.41, 5.74) is 4.53. The standard InChI is InChI=1S/C24H28N2O3/c1-5-28-22-10-8-18(15-23(22)29-6-2)11-12-25-24(27)20-14-17(4)26-21-9-7-16(3)13-19(20)21/h7-10,13-15H,5-6,11-12H2,1-4H3,(H,25,27). The molecule has 0 bridgehead atoms. The van der Waals surface area contributed by atoms with Gasteiger partial charge in [0.15, 0.2) is 11.5 Å². The number of ether oxygens (including phenoxy) is 2. The monoisotopic (exact) mass is 392 g/mol. The molecule has 29 heavy (non-hydrogen) atoms. The van der Waals surface area contributed by atoms with Gasteiger partial charge in [0.05, 0.1) is 24.3 Å². The second-order valence-corrected chi connectivity index (χ2v) is 6.98. The van der Waals surface area contributed by atoms with Crippen molar-refractivity contribution in [3.8, 4) is 11.5 Å². The number of amides is 1. The van der Waals surface area contributed by atoms with Gasteiger partial charge in [-0.1, -0.05) is 17.7 Å². The highest BCUT2D eigenvalue weighted by atomic mass is 16.5. The molecule has 1 aromatic heterocycles. The average molecular weight is 392 g/mol. The first-order valence-corrected chi connectivity index (χ1v) is 10.1. The van der Waals surface area contributed by atoms with Crippen molar-refractivity contribution < 1.29 is 14.3 Å². The average Bonchev–Trinajstić information content (AvgIpc) is 2.70. The maximum atomic E-state index is 12.8. The van der Waals surface area contributed by atoms with E-state index in [0.29, 0.717) is 31.7 Å². The van der Waals surface area contributed by atoms with Gasteiger partial charge in [0.2, 0.25) is 0 Å². The van der Waals surface area contributed by atoms with Gasteiger partial charge < -0.3 is 14.8 Å². The van der Waals surface area contributed by atoms with Gasteiger partial charge in [-0.15, -0.1) is 0 Å². The van der Waals surface area contributed by atoms with E-state index < -0.39 is 0 Å². The fourth-order valence-electron chi connectivity index (χ4n) is 3.33. The largest absolute Gasteiger partial charge is 0.490 e. The van der Waals surface area contributed by atoms with Crippen molar-refractivity contribution in [3.63, 3.8) is 0 Å². The maximum Gasteiger partial charge on any atom is 0.252 e. The van der Waals surface area contributed by atoms with Crippen LogP contribution in [0.4, 0.5) is 0 Å². The minimum atomic E-state index is -0.0814. The molecule has 0 aliphatic rings. The second kappa shape index (κ2) is 9.41. The number of fused-ring (bicyclic) bond motifs is 1. The van der Waals surface area contributed by atoms with Crippen molar-refractivity contribution in [2.24, 2.45) is 0 Å².